The van der Waals surface area contributed by atoms with E-state index in [4.69, 9.17) is 4.74 Å². The Bertz CT molecular complexity index is 287. The Kier molecular flexibility index (Phi) is 3.11. The number of aliphatic hydroxyl groups is 1. The first-order chi connectivity index (χ1) is 8.18. The van der Waals surface area contributed by atoms with Gasteiger partial charge in [-0.1, -0.05) is 6.42 Å². The number of fused-ring (bicyclic) bond motifs is 3. The van der Waals surface area contributed by atoms with Gasteiger partial charge >= 0.3 is 0 Å². The standard InChI is InChI=1S/C13H20F2O2/c14-10-3-1-2-7-8-4-5-11(16)12(15)13(8)17-6-9(7)10/h7-13,16H,1-6H2. The predicted molar refractivity (Wildman–Crippen MR) is 59.1 cm³/mol. The molecule has 0 amide bonds. The molecule has 2 nitrogen and oxygen atoms in total. The van der Waals surface area contributed by atoms with Crippen molar-refractivity contribution in [3.63, 3.8) is 0 Å². The summed E-state index contributed by atoms with van der Waals surface area (Å²) >= 11 is 0. The van der Waals surface area contributed by atoms with Gasteiger partial charge < -0.3 is 9.84 Å². The van der Waals surface area contributed by atoms with Crippen molar-refractivity contribution in [1.29, 1.82) is 0 Å². The summed E-state index contributed by atoms with van der Waals surface area (Å²) in [5.41, 5.74) is 0. The minimum Gasteiger partial charge on any atom is -0.390 e. The third-order valence-corrected chi connectivity index (χ3v) is 4.96. The summed E-state index contributed by atoms with van der Waals surface area (Å²) in [6.07, 6.45) is 0.358. The molecule has 1 aliphatic heterocycles. The highest BCUT2D eigenvalue weighted by molar-refractivity contribution is 4.99. The molecular weight excluding hydrogens is 226 g/mol. The lowest BCUT2D eigenvalue weighted by Gasteiger charge is -2.50. The molecule has 0 spiro atoms. The van der Waals surface area contributed by atoms with Crippen LogP contribution in [0.15, 0.2) is 0 Å². The molecule has 7 unspecified atom stereocenters. The van der Waals surface area contributed by atoms with Crippen LogP contribution in [0.4, 0.5) is 8.78 Å². The fourth-order valence-electron chi connectivity index (χ4n) is 4.04. The monoisotopic (exact) mass is 246 g/mol. The van der Waals surface area contributed by atoms with Crippen LogP contribution < -0.4 is 0 Å². The summed E-state index contributed by atoms with van der Waals surface area (Å²) in [5, 5.41) is 9.54. The van der Waals surface area contributed by atoms with E-state index < -0.39 is 24.6 Å². The van der Waals surface area contributed by atoms with Crippen molar-refractivity contribution in [2.24, 2.45) is 17.8 Å². The second kappa shape index (κ2) is 4.47. The largest absolute Gasteiger partial charge is 0.390 e. The molecule has 1 saturated heterocycles. The zero-order valence-electron chi connectivity index (χ0n) is 9.90. The van der Waals surface area contributed by atoms with Gasteiger partial charge in [0.2, 0.25) is 0 Å². The molecule has 0 aromatic carbocycles. The fourth-order valence-corrected chi connectivity index (χ4v) is 4.04. The van der Waals surface area contributed by atoms with Crippen LogP contribution in [0.1, 0.15) is 32.1 Å². The zero-order valence-corrected chi connectivity index (χ0v) is 9.90. The van der Waals surface area contributed by atoms with Crippen LogP contribution in [0.2, 0.25) is 0 Å². The molecule has 0 aromatic heterocycles. The van der Waals surface area contributed by atoms with Crippen molar-refractivity contribution in [2.75, 3.05) is 6.61 Å². The number of ether oxygens (including phenoxy) is 1. The van der Waals surface area contributed by atoms with E-state index >= 15 is 0 Å². The van der Waals surface area contributed by atoms with Gasteiger partial charge in [-0.15, -0.1) is 0 Å². The number of rotatable bonds is 0. The maximum atomic E-state index is 13.9. The zero-order chi connectivity index (χ0) is 12.0. The average molecular weight is 246 g/mol. The predicted octanol–water partition coefficient (Wildman–Crippen LogP) is 2.25. The van der Waals surface area contributed by atoms with Crippen LogP contribution >= 0.6 is 0 Å². The van der Waals surface area contributed by atoms with E-state index in [-0.39, 0.29) is 17.8 Å². The van der Waals surface area contributed by atoms with Crippen LogP contribution in [0.25, 0.3) is 0 Å². The van der Waals surface area contributed by atoms with Crippen molar-refractivity contribution in [1.82, 2.24) is 0 Å². The molecule has 0 bridgehead atoms. The third kappa shape index (κ3) is 1.89. The second-order valence-electron chi connectivity index (χ2n) is 5.83. The maximum absolute atomic E-state index is 13.9. The molecule has 0 radical (unpaired) electrons. The Balaban J connectivity index is 1.78. The van der Waals surface area contributed by atoms with Crippen molar-refractivity contribution in [2.45, 2.75) is 56.7 Å². The number of hydrogen-bond donors (Lipinski definition) is 1. The lowest BCUT2D eigenvalue weighted by molar-refractivity contribution is -0.183. The first-order valence-corrected chi connectivity index (χ1v) is 6.76. The van der Waals surface area contributed by atoms with E-state index in [0.29, 0.717) is 19.4 Å². The van der Waals surface area contributed by atoms with Gasteiger partial charge in [0.25, 0.3) is 0 Å². The first-order valence-electron chi connectivity index (χ1n) is 6.76. The molecule has 3 fully saturated rings. The Hall–Kier alpha value is -0.220. The van der Waals surface area contributed by atoms with E-state index in [0.717, 1.165) is 19.3 Å². The molecule has 4 heteroatoms. The van der Waals surface area contributed by atoms with Crippen LogP contribution in [-0.2, 0) is 4.74 Å². The fraction of sp³-hybridized carbons (Fsp3) is 1.00. The normalized spacial score (nSPS) is 54.9. The van der Waals surface area contributed by atoms with Crippen LogP contribution in [0.5, 0.6) is 0 Å². The summed E-state index contributed by atoms with van der Waals surface area (Å²) in [6, 6.07) is 0. The molecule has 2 aliphatic carbocycles. The molecule has 17 heavy (non-hydrogen) atoms. The van der Waals surface area contributed by atoms with Gasteiger partial charge in [0.1, 0.15) is 6.17 Å². The number of aliphatic hydroxyl groups excluding tert-OH is 1. The van der Waals surface area contributed by atoms with Gasteiger partial charge in [-0.25, -0.2) is 8.78 Å². The Morgan fingerprint density at radius 1 is 0.941 bits per heavy atom. The molecule has 7 atom stereocenters. The maximum Gasteiger partial charge on any atom is 0.152 e. The molecule has 3 aliphatic rings. The van der Waals surface area contributed by atoms with E-state index in [1.165, 1.54) is 0 Å². The third-order valence-electron chi connectivity index (χ3n) is 4.96. The van der Waals surface area contributed by atoms with Gasteiger partial charge in [-0.05, 0) is 37.5 Å². The quantitative estimate of drug-likeness (QED) is 0.710. The summed E-state index contributed by atoms with van der Waals surface area (Å²) in [4.78, 5) is 0. The van der Waals surface area contributed by atoms with Gasteiger partial charge in [0.15, 0.2) is 6.17 Å². The molecule has 1 heterocycles. The first kappa shape index (κ1) is 11.8. The van der Waals surface area contributed by atoms with Gasteiger partial charge in [0, 0.05) is 5.92 Å². The van der Waals surface area contributed by atoms with Crippen molar-refractivity contribution < 1.29 is 18.6 Å². The van der Waals surface area contributed by atoms with Gasteiger partial charge in [0.05, 0.1) is 18.8 Å². The Labute approximate surface area is 100 Å². The van der Waals surface area contributed by atoms with Crippen LogP contribution in [0.3, 0.4) is 0 Å². The van der Waals surface area contributed by atoms with Gasteiger partial charge in [-0.2, -0.15) is 0 Å². The number of halogens is 2. The summed E-state index contributed by atoms with van der Waals surface area (Å²) < 4.78 is 33.3. The summed E-state index contributed by atoms with van der Waals surface area (Å²) in [6.45, 7) is 0.333. The molecule has 2 saturated carbocycles. The molecular formula is C13H20F2O2. The second-order valence-corrected chi connectivity index (χ2v) is 5.83. The van der Waals surface area contributed by atoms with Crippen molar-refractivity contribution >= 4 is 0 Å². The van der Waals surface area contributed by atoms with E-state index in [1.54, 1.807) is 0 Å². The summed E-state index contributed by atoms with van der Waals surface area (Å²) in [7, 11) is 0. The lowest BCUT2D eigenvalue weighted by Crippen LogP contribution is -2.55. The molecule has 1 N–H and O–H groups in total. The van der Waals surface area contributed by atoms with E-state index in [1.807, 2.05) is 0 Å². The SMILES string of the molecule is OC1CCC2C3CCCC(F)C3COC2C1F. The summed E-state index contributed by atoms with van der Waals surface area (Å²) in [5.74, 6) is 0.349. The Morgan fingerprint density at radius 3 is 2.59 bits per heavy atom. The van der Waals surface area contributed by atoms with E-state index in [9.17, 15) is 13.9 Å². The minimum absolute atomic E-state index is 0.0348. The highest BCUT2D eigenvalue weighted by Gasteiger charge is 2.51. The van der Waals surface area contributed by atoms with Crippen molar-refractivity contribution in [3.05, 3.63) is 0 Å². The lowest BCUT2D eigenvalue weighted by atomic mass is 9.64. The Morgan fingerprint density at radius 2 is 1.76 bits per heavy atom. The molecule has 0 aromatic rings. The number of hydrogen-bond acceptors (Lipinski definition) is 2. The van der Waals surface area contributed by atoms with Crippen molar-refractivity contribution in [3.8, 4) is 0 Å². The average Bonchev–Trinajstić information content (AvgIpc) is 2.34. The van der Waals surface area contributed by atoms with Crippen LogP contribution in [0, 0.1) is 17.8 Å². The highest BCUT2D eigenvalue weighted by Crippen LogP contribution is 2.47. The molecule has 98 valence electrons. The van der Waals surface area contributed by atoms with Gasteiger partial charge in [-0.3, -0.25) is 0 Å². The smallest absolute Gasteiger partial charge is 0.152 e. The van der Waals surface area contributed by atoms with Crippen LogP contribution in [-0.4, -0.2) is 36.3 Å². The topological polar surface area (TPSA) is 29.5 Å². The number of alkyl halides is 2. The highest BCUT2D eigenvalue weighted by atomic mass is 19.1. The van der Waals surface area contributed by atoms with E-state index in [2.05, 4.69) is 0 Å². The minimum atomic E-state index is -1.28. The molecule has 3 rings (SSSR count).